The van der Waals surface area contributed by atoms with E-state index in [1.807, 2.05) is 39.8 Å². The summed E-state index contributed by atoms with van der Waals surface area (Å²) in [6, 6.07) is 3.85. The number of amides is 1. The maximum atomic E-state index is 12.3. The summed E-state index contributed by atoms with van der Waals surface area (Å²) in [5.41, 5.74) is 3.16. The number of aromatic nitrogens is 2. The average molecular weight is 287 g/mol. The van der Waals surface area contributed by atoms with E-state index in [1.54, 1.807) is 7.05 Å². The molecule has 5 heteroatoms. The van der Waals surface area contributed by atoms with Gasteiger partial charge in [0.1, 0.15) is 0 Å². The summed E-state index contributed by atoms with van der Waals surface area (Å²) in [5, 5.41) is 2.79. The Hall–Kier alpha value is -2.17. The Balaban J connectivity index is 2.61. The molecular formula is C16H21N3O2. The summed E-state index contributed by atoms with van der Waals surface area (Å²) in [5.74, 6) is -0.412. The monoisotopic (exact) mass is 287 g/mol. The van der Waals surface area contributed by atoms with E-state index in [-0.39, 0.29) is 17.3 Å². The van der Waals surface area contributed by atoms with Gasteiger partial charge in [-0.15, -0.1) is 0 Å². The van der Waals surface area contributed by atoms with Gasteiger partial charge >= 0.3 is 0 Å². The third-order valence-corrected chi connectivity index (χ3v) is 3.90. The molecule has 0 spiro atoms. The molecule has 1 atom stereocenters. The van der Waals surface area contributed by atoms with E-state index in [1.165, 1.54) is 4.57 Å². The van der Waals surface area contributed by atoms with Gasteiger partial charge in [-0.25, -0.2) is 4.98 Å². The lowest BCUT2D eigenvalue weighted by molar-refractivity contribution is 0.0932. The fourth-order valence-electron chi connectivity index (χ4n) is 2.12. The van der Waals surface area contributed by atoms with Crippen LogP contribution in [0.25, 0.3) is 11.0 Å². The minimum atomic E-state index is -0.412. The zero-order valence-electron chi connectivity index (χ0n) is 13.2. The van der Waals surface area contributed by atoms with Crippen LogP contribution in [0.2, 0.25) is 0 Å². The number of carbonyl (C=O) groups excluding carboxylic acids is 1. The number of fused-ring (bicyclic) bond motifs is 1. The molecule has 0 radical (unpaired) electrons. The van der Waals surface area contributed by atoms with Gasteiger partial charge in [-0.05, 0) is 50.5 Å². The third kappa shape index (κ3) is 2.82. The molecule has 1 amide bonds. The minimum Gasteiger partial charge on any atom is -0.348 e. The Morgan fingerprint density at radius 2 is 1.95 bits per heavy atom. The highest BCUT2D eigenvalue weighted by Gasteiger charge is 2.17. The summed E-state index contributed by atoms with van der Waals surface area (Å²) < 4.78 is 1.49. The number of hydrogen-bond acceptors (Lipinski definition) is 3. The molecule has 1 N–H and O–H groups in total. The Morgan fingerprint density at radius 1 is 1.33 bits per heavy atom. The number of rotatable bonds is 3. The average Bonchev–Trinajstić information content (AvgIpc) is 2.44. The van der Waals surface area contributed by atoms with Gasteiger partial charge in [0.15, 0.2) is 5.69 Å². The molecule has 2 rings (SSSR count). The first-order chi connectivity index (χ1) is 9.85. The van der Waals surface area contributed by atoms with Gasteiger partial charge in [0.25, 0.3) is 11.5 Å². The maximum absolute atomic E-state index is 12.3. The standard InChI is InChI=1S/C16H21N3O2/c1-6-11(4)17-15(20)14-16(21)19(5)13-8-10(3)9(2)7-12(13)18-14/h7-8,11H,6H2,1-5H3,(H,17,20)/t11-/m0/s1. The normalized spacial score (nSPS) is 12.4. The van der Waals surface area contributed by atoms with Crippen LogP contribution in [0.3, 0.4) is 0 Å². The van der Waals surface area contributed by atoms with E-state index in [0.29, 0.717) is 5.52 Å². The van der Waals surface area contributed by atoms with Crippen LogP contribution in [0.15, 0.2) is 16.9 Å². The third-order valence-electron chi connectivity index (χ3n) is 3.90. The number of hydrogen-bond donors (Lipinski definition) is 1. The van der Waals surface area contributed by atoms with Gasteiger partial charge in [0.05, 0.1) is 11.0 Å². The number of aryl methyl sites for hydroxylation is 3. The molecular weight excluding hydrogens is 266 g/mol. The second kappa shape index (κ2) is 5.68. The largest absolute Gasteiger partial charge is 0.348 e. The molecule has 0 aliphatic rings. The van der Waals surface area contributed by atoms with Crippen LogP contribution in [0.4, 0.5) is 0 Å². The topological polar surface area (TPSA) is 64.0 Å². The molecule has 1 aromatic carbocycles. The van der Waals surface area contributed by atoms with E-state index >= 15 is 0 Å². The highest BCUT2D eigenvalue weighted by molar-refractivity contribution is 5.94. The maximum Gasteiger partial charge on any atom is 0.282 e. The number of carbonyl (C=O) groups is 1. The van der Waals surface area contributed by atoms with Crippen LogP contribution in [0, 0.1) is 13.8 Å². The highest BCUT2D eigenvalue weighted by Crippen LogP contribution is 2.16. The van der Waals surface area contributed by atoms with Crippen LogP contribution in [0.5, 0.6) is 0 Å². The van der Waals surface area contributed by atoms with E-state index in [4.69, 9.17) is 0 Å². The van der Waals surface area contributed by atoms with Crippen LogP contribution in [-0.2, 0) is 7.05 Å². The highest BCUT2D eigenvalue weighted by atomic mass is 16.2. The zero-order chi connectivity index (χ0) is 15.7. The molecule has 0 saturated heterocycles. The first kappa shape index (κ1) is 15.2. The lowest BCUT2D eigenvalue weighted by atomic mass is 10.1. The first-order valence-electron chi connectivity index (χ1n) is 7.14. The fraction of sp³-hybridized carbons (Fsp3) is 0.438. The van der Waals surface area contributed by atoms with Crippen molar-refractivity contribution in [3.05, 3.63) is 39.3 Å². The van der Waals surface area contributed by atoms with Crippen molar-refractivity contribution in [1.82, 2.24) is 14.9 Å². The van der Waals surface area contributed by atoms with E-state index < -0.39 is 5.91 Å². The quantitative estimate of drug-likeness (QED) is 0.940. The predicted octanol–water partition coefficient (Wildman–Crippen LogP) is 2.08. The van der Waals surface area contributed by atoms with Gasteiger partial charge in [-0.1, -0.05) is 6.92 Å². The smallest absolute Gasteiger partial charge is 0.282 e. The summed E-state index contributed by atoms with van der Waals surface area (Å²) in [7, 11) is 1.67. The van der Waals surface area contributed by atoms with Gasteiger partial charge < -0.3 is 9.88 Å². The van der Waals surface area contributed by atoms with Crippen molar-refractivity contribution in [1.29, 1.82) is 0 Å². The molecule has 1 heterocycles. The minimum absolute atomic E-state index is 0.0134. The van der Waals surface area contributed by atoms with Crippen LogP contribution in [-0.4, -0.2) is 21.5 Å². The summed E-state index contributed by atoms with van der Waals surface area (Å²) in [4.78, 5) is 28.8. The Morgan fingerprint density at radius 3 is 2.57 bits per heavy atom. The van der Waals surface area contributed by atoms with Crippen LogP contribution < -0.4 is 10.9 Å². The van der Waals surface area contributed by atoms with Crippen molar-refractivity contribution < 1.29 is 4.79 Å². The van der Waals surface area contributed by atoms with Gasteiger partial charge in [0, 0.05) is 13.1 Å². The summed E-state index contributed by atoms with van der Waals surface area (Å²) in [6.45, 7) is 7.85. The molecule has 0 unspecified atom stereocenters. The fourth-order valence-corrected chi connectivity index (χ4v) is 2.12. The number of benzene rings is 1. The van der Waals surface area contributed by atoms with E-state index in [2.05, 4.69) is 10.3 Å². The molecule has 5 nitrogen and oxygen atoms in total. The number of nitrogens with zero attached hydrogens (tertiary/aromatic N) is 2. The van der Waals surface area contributed by atoms with Crippen molar-refractivity contribution in [3.8, 4) is 0 Å². The summed E-state index contributed by atoms with van der Waals surface area (Å²) in [6.07, 6.45) is 0.804. The van der Waals surface area contributed by atoms with Crippen molar-refractivity contribution in [3.63, 3.8) is 0 Å². The molecule has 112 valence electrons. The first-order valence-corrected chi connectivity index (χ1v) is 7.14. The second-order valence-electron chi connectivity index (χ2n) is 5.53. The molecule has 0 saturated carbocycles. The van der Waals surface area contributed by atoms with Gasteiger partial charge in [0.2, 0.25) is 0 Å². The molecule has 1 aromatic heterocycles. The van der Waals surface area contributed by atoms with Crippen molar-refractivity contribution in [2.45, 2.75) is 40.2 Å². The Kier molecular flexibility index (Phi) is 4.11. The van der Waals surface area contributed by atoms with Crippen molar-refractivity contribution in [2.75, 3.05) is 0 Å². The number of nitrogens with one attached hydrogen (secondary N) is 1. The lowest BCUT2D eigenvalue weighted by Crippen LogP contribution is -2.38. The molecule has 0 aliphatic heterocycles. The molecule has 21 heavy (non-hydrogen) atoms. The van der Waals surface area contributed by atoms with Crippen molar-refractivity contribution >= 4 is 16.9 Å². The zero-order valence-corrected chi connectivity index (χ0v) is 13.2. The molecule has 2 aromatic rings. The van der Waals surface area contributed by atoms with E-state index in [0.717, 1.165) is 23.1 Å². The van der Waals surface area contributed by atoms with Gasteiger partial charge in [-0.2, -0.15) is 0 Å². The second-order valence-corrected chi connectivity index (χ2v) is 5.53. The molecule has 0 fully saturated rings. The lowest BCUT2D eigenvalue weighted by Gasteiger charge is -2.13. The SMILES string of the molecule is CC[C@H](C)NC(=O)c1nc2cc(C)c(C)cc2n(C)c1=O. The van der Waals surface area contributed by atoms with Crippen molar-refractivity contribution in [2.24, 2.45) is 7.05 Å². The van der Waals surface area contributed by atoms with Gasteiger partial charge in [-0.3, -0.25) is 9.59 Å². The Bertz CT molecular complexity index is 762. The summed E-state index contributed by atoms with van der Waals surface area (Å²) >= 11 is 0. The Labute approximate surface area is 124 Å². The molecule has 0 aliphatic carbocycles. The predicted molar refractivity (Wildman–Crippen MR) is 83.7 cm³/mol. The van der Waals surface area contributed by atoms with Crippen LogP contribution >= 0.6 is 0 Å². The van der Waals surface area contributed by atoms with E-state index in [9.17, 15) is 9.59 Å². The van der Waals surface area contributed by atoms with Crippen LogP contribution in [0.1, 0.15) is 41.9 Å². The molecule has 0 bridgehead atoms.